The maximum Gasteiger partial charge on any atom is 0.139 e. The first kappa shape index (κ1) is 16.5. The second-order valence-corrected chi connectivity index (χ2v) is 7.63. The van der Waals surface area contributed by atoms with E-state index in [2.05, 4.69) is 44.5 Å². The number of fused-ring (bicyclic) bond motifs is 4. The lowest BCUT2D eigenvalue weighted by atomic mass is 9.91. The van der Waals surface area contributed by atoms with E-state index in [1.165, 1.54) is 48.1 Å². The molecule has 1 aromatic carbocycles. The summed E-state index contributed by atoms with van der Waals surface area (Å²) in [4.78, 5) is 21.2. The number of aromatic amines is 1. The monoisotopic (exact) mass is 360 g/mol. The fraction of sp³-hybridized carbons (Fsp3) is 0.364. The summed E-state index contributed by atoms with van der Waals surface area (Å²) >= 11 is 0. The van der Waals surface area contributed by atoms with E-state index < -0.39 is 0 Å². The van der Waals surface area contributed by atoms with Gasteiger partial charge in [-0.05, 0) is 60.6 Å². The van der Waals surface area contributed by atoms with E-state index in [1.54, 1.807) is 0 Å². The number of carbonyl (C=O) groups is 1. The summed E-state index contributed by atoms with van der Waals surface area (Å²) in [6.45, 7) is 2.19. The molecule has 1 aliphatic carbocycles. The third-order valence-corrected chi connectivity index (χ3v) is 5.91. The minimum absolute atomic E-state index is 0.486. The fourth-order valence-electron chi connectivity index (χ4n) is 4.52. The summed E-state index contributed by atoms with van der Waals surface area (Å²) in [6, 6.07) is 8.81. The SMILES string of the molecule is O=CCN1CCc2[nH]c3nccc(Nc4ccc5c(c4)CCCC5)c3c2C1. The van der Waals surface area contributed by atoms with Gasteiger partial charge >= 0.3 is 0 Å². The average molecular weight is 360 g/mol. The molecular formula is C22H24N4O. The molecular weight excluding hydrogens is 336 g/mol. The predicted molar refractivity (Wildman–Crippen MR) is 108 cm³/mol. The Kier molecular flexibility index (Phi) is 4.17. The molecule has 0 radical (unpaired) electrons. The lowest BCUT2D eigenvalue weighted by Crippen LogP contribution is -2.31. The number of aryl methyl sites for hydroxylation is 2. The first-order valence-corrected chi connectivity index (χ1v) is 9.85. The molecule has 2 N–H and O–H groups in total. The minimum Gasteiger partial charge on any atom is -0.355 e. The molecule has 5 heteroatoms. The number of aldehydes is 1. The largest absolute Gasteiger partial charge is 0.355 e. The molecule has 0 bridgehead atoms. The fourth-order valence-corrected chi connectivity index (χ4v) is 4.52. The van der Waals surface area contributed by atoms with Gasteiger partial charge in [0.2, 0.25) is 0 Å². The molecule has 0 unspecified atom stereocenters. The molecule has 138 valence electrons. The summed E-state index contributed by atoms with van der Waals surface area (Å²) in [6.07, 6.45) is 8.74. The topological polar surface area (TPSA) is 61.0 Å². The molecule has 0 spiro atoms. The molecule has 2 aromatic heterocycles. The van der Waals surface area contributed by atoms with Crippen LogP contribution in [0.15, 0.2) is 30.5 Å². The lowest BCUT2D eigenvalue weighted by molar-refractivity contribution is -0.109. The van der Waals surface area contributed by atoms with Gasteiger partial charge in [0.05, 0.1) is 12.2 Å². The zero-order chi connectivity index (χ0) is 18.2. The Labute approximate surface area is 158 Å². The smallest absolute Gasteiger partial charge is 0.139 e. The number of aromatic nitrogens is 2. The highest BCUT2D eigenvalue weighted by molar-refractivity contribution is 5.95. The maximum absolute atomic E-state index is 10.9. The molecule has 3 heterocycles. The molecule has 5 rings (SSSR count). The number of anilines is 2. The van der Waals surface area contributed by atoms with Crippen LogP contribution in [0, 0.1) is 0 Å². The Morgan fingerprint density at radius 3 is 2.93 bits per heavy atom. The van der Waals surface area contributed by atoms with Gasteiger partial charge in [0.1, 0.15) is 11.9 Å². The van der Waals surface area contributed by atoms with Crippen molar-refractivity contribution in [3.8, 4) is 0 Å². The van der Waals surface area contributed by atoms with Gasteiger partial charge in [-0.15, -0.1) is 0 Å². The highest BCUT2D eigenvalue weighted by atomic mass is 16.1. The van der Waals surface area contributed by atoms with Crippen LogP contribution in [0.1, 0.15) is 35.2 Å². The first-order chi connectivity index (χ1) is 13.3. The van der Waals surface area contributed by atoms with Gasteiger partial charge in [-0.2, -0.15) is 0 Å². The van der Waals surface area contributed by atoms with Crippen molar-refractivity contribution in [2.24, 2.45) is 0 Å². The normalized spacial score (nSPS) is 16.7. The van der Waals surface area contributed by atoms with Crippen molar-refractivity contribution < 1.29 is 4.79 Å². The summed E-state index contributed by atoms with van der Waals surface area (Å²) in [5.41, 5.74) is 8.64. The van der Waals surface area contributed by atoms with Gasteiger partial charge in [-0.1, -0.05) is 6.07 Å². The zero-order valence-corrected chi connectivity index (χ0v) is 15.4. The van der Waals surface area contributed by atoms with Crippen molar-refractivity contribution in [1.29, 1.82) is 0 Å². The standard InChI is InChI=1S/C22H24N4O/c27-12-11-26-10-8-19-18(14-26)21-20(7-9-23-22(21)25-19)24-17-6-5-15-3-1-2-4-16(15)13-17/h5-7,9,12-13H,1-4,8,10-11,14H2,(H2,23,24,25). The third kappa shape index (κ3) is 3.02. The van der Waals surface area contributed by atoms with Gasteiger partial charge < -0.3 is 15.1 Å². The third-order valence-electron chi connectivity index (χ3n) is 5.91. The number of nitrogens with zero attached hydrogens (tertiary/aromatic N) is 2. The van der Waals surface area contributed by atoms with Crippen LogP contribution in [0.3, 0.4) is 0 Å². The molecule has 27 heavy (non-hydrogen) atoms. The van der Waals surface area contributed by atoms with E-state index in [9.17, 15) is 4.79 Å². The van der Waals surface area contributed by atoms with Crippen molar-refractivity contribution in [3.05, 3.63) is 52.8 Å². The minimum atomic E-state index is 0.486. The molecule has 0 saturated carbocycles. The number of nitrogens with one attached hydrogen (secondary N) is 2. The summed E-state index contributed by atoms with van der Waals surface area (Å²) in [5, 5.41) is 4.79. The van der Waals surface area contributed by atoms with E-state index in [0.29, 0.717) is 6.54 Å². The quantitative estimate of drug-likeness (QED) is 0.696. The van der Waals surface area contributed by atoms with Crippen molar-refractivity contribution in [1.82, 2.24) is 14.9 Å². The number of hydrogen-bond acceptors (Lipinski definition) is 4. The number of hydrogen-bond donors (Lipinski definition) is 2. The highest BCUT2D eigenvalue weighted by Crippen LogP contribution is 2.34. The van der Waals surface area contributed by atoms with Gasteiger partial charge in [0, 0.05) is 42.5 Å². The highest BCUT2D eigenvalue weighted by Gasteiger charge is 2.22. The number of H-pyrrole nitrogens is 1. The second-order valence-electron chi connectivity index (χ2n) is 7.63. The van der Waals surface area contributed by atoms with E-state index in [-0.39, 0.29) is 0 Å². The number of pyridine rings is 1. The van der Waals surface area contributed by atoms with Gasteiger partial charge in [0.15, 0.2) is 0 Å². The van der Waals surface area contributed by atoms with Crippen LogP contribution in [-0.4, -0.2) is 34.2 Å². The molecule has 0 fully saturated rings. The first-order valence-electron chi connectivity index (χ1n) is 9.85. The summed E-state index contributed by atoms with van der Waals surface area (Å²) in [5.74, 6) is 0. The van der Waals surface area contributed by atoms with Gasteiger partial charge in [-0.3, -0.25) is 4.90 Å². The van der Waals surface area contributed by atoms with E-state index in [0.717, 1.165) is 48.2 Å². The van der Waals surface area contributed by atoms with Crippen molar-refractivity contribution in [3.63, 3.8) is 0 Å². The lowest BCUT2D eigenvalue weighted by Gasteiger charge is -2.25. The van der Waals surface area contributed by atoms with Crippen LogP contribution in [-0.2, 0) is 30.6 Å². The molecule has 0 amide bonds. The second kappa shape index (κ2) is 6.82. The van der Waals surface area contributed by atoms with Gasteiger partial charge in [-0.25, -0.2) is 4.98 Å². The van der Waals surface area contributed by atoms with Crippen LogP contribution in [0.4, 0.5) is 11.4 Å². The van der Waals surface area contributed by atoms with E-state index >= 15 is 0 Å². The predicted octanol–water partition coefficient (Wildman–Crippen LogP) is 3.74. The Bertz CT molecular complexity index is 1010. The molecule has 0 saturated heterocycles. The van der Waals surface area contributed by atoms with Crippen molar-refractivity contribution in [2.75, 3.05) is 18.4 Å². The molecule has 1 aliphatic heterocycles. The van der Waals surface area contributed by atoms with Crippen LogP contribution in [0.2, 0.25) is 0 Å². The van der Waals surface area contributed by atoms with Crippen LogP contribution >= 0.6 is 0 Å². The zero-order valence-electron chi connectivity index (χ0n) is 15.4. The van der Waals surface area contributed by atoms with E-state index in [1.807, 2.05) is 6.20 Å². The van der Waals surface area contributed by atoms with Crippen molar-refractivity contribution in [2.45, 2.75) is 38.6 Å². The summed E-state index contributed by atoms with van der Waals surface area (Å²) in [7, 11) is 0. The maximum atomic E-state index is 10.9. The molecule has 2 aliphatic rings. The number of carbonyl (C=O) groups excluding carboxylic acids is 1. The van der Waals surface area contributed by atoms with Crippen LogP contribution < -0.4 is 5.32 Å². The molecule has 3 aromatic rings. The van der Waals surface area contributed by atoms with Crippen molar-refractivity contribution >= 4 is 28.7 Å². The summed E-state index contributed by atoms with van der Waals surface area (Å²) < 4.78 is 0. The molecule has 5 nitrogen and oxygen atoms in total. The Balaban J connectivity index is 1.52. The number of benzene rings is 1. The van der Waals surface area contributed by atoms with E-state index in [4.69, 9.17) is 0 Å². The van der Waals surface area contributed by atoms with Gasteiger partial charge in [0.25, 0.3) is 0 Å². The van der Waals surface area contributed by atoms with Crippen LogP contribution in [0.5, 0.6) is 0 Å². The van der Waals surface area contributed by atoms with Crippen LogP contribution in [0.25, 0.3) is 11.0 Å². The Hall–Kier alpha value is -2.66. The molecule has 0 atom stereocenters. The average Bonchev–Trinajstić information content (AvgIpc) is 3.07. The Morgan fingerprint density at radius 2 is 2.04 bits per heavy atom. The number of rotatable bonds is 4. The Morgan fingerprint density at radius 1 is 1.15 bits per heavy atom.